The van der Waals surface area contributed by atoms with Crippen LogP contribution in [0.5, 0.6) is 11.5 Å². The average molecular weight is 498 g/mol. The number of nitrogens with zero attached hydrogens (tertiary/aromatic N) is 1. The zero-order valence-corrected chi connectivity index (χ0v) is 19.6. The van der Waals surface area contributed by atoms with E-state index < -0.39 is 6.04 Å². The van der Waals surface area contributed by atoms with Crippen LogP contribution >= 0.6 is 27.5 Å². The molecule has 0 saturated heterocycles. The van der Waals surface area contributed by atoms with Crippen molar-refractivity contribution in [1.82, 2.24) is 10.2 Å². The largest absolute Gasteiger partial charge is 0.497 e. The minimum Gasteiger partial charge on any atom is -0.497 e. The SMILES string of the molecule is CCNC(=O)[C@H](CC)N(Cc1ccc(OC)cc1)C(=O)COc1ccc(Cl)cc1Br. The lowest BCUT2D eigenvalue weighted by Crippen LogP contribution is -2.50. The third-order valence-corrected chi connectivity index (χ3v) is 5.35. The summed E-state index contributed by atoms with van der Waals surface area (Å²) in [7, 11) is 1.60. The summed E-state index contributed by atoms with van der Waals surface area (Å²) in [5, 5.41) is 3.37. The Labute approximate surface area is 190 Å². The summed E-state index contributed by atoms with van der Waals surface area (Å²) in [6, 6.07) is 11.9. The molecule has 6 nitrogen and oxygen atoms in total. The molecule has 30 heavy (non-hydrogen) atoms. The highest BCUT2D eigenvalue weighted by Crippen LogP contribution is 2.28. The number of nitrogens with one attached hydrogen (secondary N) is 1. The van der Waals surface area contributed by atoms with Crippen LogP contribution in [0.25, 0.3) is 0 Å². The lowest BCUT2D eigenvalue weighted by Gasteiger charge is -2.30. The second kappa shape index (κ2) is 11.8. The van der Waals surface area contributed by atoms with Gasteiger partial charge in [0, 0.05) is 18.1 Å². The minimum absolute atomic E-state index is 0.186. The highest BCUT2D eigenvalue weighted by atomic mass is 79.9. The number of methoxy groups -OCH3 is 1. The lowest BCUT2D eigenvalue weighted by atomic mass is 10.1. The zero-order chi connectivity index (χ0) is 22.1. The summed E-state index contributed by atoms with van der Waals surface area (Å²) in [5.41, 5.74) is 0.888. The second-order valence-electron chi connectivity index (χ2n) is 6.55. The van der Waals surface area contributed by atoms with Crippen LogP contribution in [0.4, 0.5) is 0 Å². The molecule has 0 aromatic heterocycles. The van der Waals surface area contributed by atoms with E-state index in [9.17, 15) is 9.59 Å². The average Bonchev–Trinajstić information content (AvgIpc) is 2.73. The fourth-order valence-corrected chi connectivity index (χ4v) is 3.75. The van der Waals surface area contributed by atoms with Gasteiger partial charge in [-0.15, -0.1) is 0 Å². The molecule has 0 fully saturated rings. The zero-order valence-electron chi connectivity index (χ0n) is 17.3. The Morgan fingerprint density at radius 2 is 1.87 bits per heavy atom. The molecule has 0 heterocycles. The number of carbonyl (C=O) groups is 2. The Bertz CT molecular complexity index is 861. The van der Waals surface area contributed by atoms with Crippen LogP contribution in [-0.2, 0) is 16.1 Å². The molecule has 0 unspecified atom stereocenters. The standard InChI is InChI=1S/C22H26BrClN2O4/c1-4-19(22(28)25-5-2)26(13-15-6-9-17(29-3)10-7-15)21(27)14-30-20-11-8-16(24)12-18(20)23/h6-12,19H,4-5,13-14H2,1-3H3,(H,25,28)/t19-/m0/s1. The highest BCUT2D eigenvalue weighted by molar-refractivity contribution is 9.10. The van der Waals surface area contributed by atoms with Gasteiger partial charge >= 0.3 is 0 Å². The van der Waals surface area contributed by atoms with Crippen LogP contribution < -0.4 is 14.8 Å². The Balaban J connectivity index is 2.21. The number of hydrogen-bond acceptors (Lipinski definition) is 4. The van der Waals surface area contributed by atoms with Crippen molar-refractivity contribution in [2.45, 2.75) is 32.9 Å². The van der Waals surface area contributed by atoms with E-state index in [2.05, 4.69) is 21.2 Å². The van der Waals surface area contributed by atoms with Crippen molar-refractivity contribution in [1.29, 1.82) is 0 Å². The number of rotatable bonds is 10. The van der Waals surface area contributed by atoms with E-state index in [1.165, 1.54) is 0 Å². The van der Waals surface area contributed by atoms with Gasteiger partial charge in [-0.3, -0.25) is 9.59 Å². The van der Waals surface area contributed by atoms with Crippen molar-refractivity contribution in [2.24, 2.45) is 0 Å². The lowest BCUT2D eigenvalue weighted by molar-refractivity contribution is -0.142. The number of hydrogen-bond donors (Lipinski definition) is 1. The molecule has 0 aliphatic heterocycles. The normalized spacial score (nSPS) is 11.5. The highest BCUT2D eigenvalue weighted by Gasteiger charge is 2.28. The first-order chi connectivity index (χ1) is 14.4. The Hall–Kier alpha value is -2.25. The molecule has 2 aromatic carbocycles. The van der Waals surface area contributed by atoms with Gasteiger partial charge in [0.15, 0.2) is 6.61 Å². The fraction of sp³-hybridized carbons (Fsp3) is 0.364. The smallest absolute Gasteiger partial charge is 0.261 e. The molecule has 2 rings (SSSR count). The van der Waals surface area contributed by atoms with Gasteiger partial charge in [0.2, 0.25) is 5.91 Å². The van der Waals surface area contributed by atoms with Crippen molar-refractivity contribution in [2.75, 3.05) is 20.3 Å². The number of carbonyl (C=O) groups excluding carboxylic acids is 2. The van der Waals surface area contributed by atoms with Crippen molar-refractivity contribution in [3.05, 3.63) is 57.5 Å². The van der Waals surface area contributed by atoms with Crippen molar-refractivity contribution in [3.8, 4) is 11.5 Å². The van der Waals surface area contributed by atoms with E-state index in [1.807, 2.05) is 38.1 Å². The van der Waals surface area contributed by atoms with Gasteiger partial charge in [-0.25, -0.2) is 0 Å². The third kappa shape index (κ3) is 6.64. The summed E-state index contributed by atoms with van der Waals surface area (Å²) in [5.74, 6) is 0.756. The summed E-state index contributed by atoms with van der Waals surface area (Å²) >= 11 is 9.33. The van der Waals surface area contributed by atoms with Crippen LogP contribution in [-0.4, -0.2) is 43.0 Å². The number of halogens is 2. The van der Waals surface area contributed by atoms with Gasteiger partial charge in [0.25, 0.3) is 5.91 Å². The van der Waals surface area contributed by atoms with Crippen molar-refractivity contribution < 1.29 is 19.1 Å². The molecule has 0 aliphatic carbocycles. The monoisotopic (exact) mass is 496 g/mol. The summed E-state index contributed by atoms with van der Waals surface area (Å²) in [6.07, 6.45) is 0.484. The number of amides is 2. The molecule has 0 radical (unpaired) electrons. The maximum absolute atomic E-state index is 13.1. The number of benzene rings is 2. The predicted octanol–water partition coefficient (Wildman–Crippen LogP) is 4.43. The molecule has 0 aliphatic rings. The Kier molecular flexibility index (Phi) is 9.46. The molecule has 1 atom stereocenters. The van der Waals surface area contributed by atoms with Gasteiger partial charge in [0.1, 0.15) is 17.5 Å². The minimum atomic E-state index is -0.600. The molecule has 2 amide bonds. The van der Waals surface area contributed by atoms with Crippen LogP contribution in [0.15, 0.2) is 46.9 Å². The van der Waals surface area contributed by atoms with Gasteiger partial charge in [-0.1, -0.05) is 30.7 Å². The molecular weight excluding hydrogens is 472 g/mol. The van der Waals surface area contributed by atoms with E-state index in [0.29, 0.717) is 28.2 Å². The van der Waals surface area contributed by atoms with E-state index >= 15 is 0 Å². The van der Waals surface area contributed by atoms with Gasteiger partial charge in [-0.2, -0.15) is 0 Å². The van der Waals surface area contributed by atoms with Gasteiger partial charge < -0.3 is 19.7 Å². The van der Waals surface area contributed by atoms with Crippen molar-refractivity contribution >= 4 is 39.3 Å². The van der Waals surface area contributed by atoms with Gasteiger partial charge in [-0.05, 0) is 65.2 Å². The molecule has 8 heteroatoms. The molecule has 162 valence electrons. The van der Waals surface area contributed by atoms with Gasteiger partial charge in [0.05, 0.1) is 11.6 Å². The first-order valence-corrected chi connectivity index (χ1v) is 10.8. The Morgan fingerprint density at radius 1 is 1.17 bits per heavy atom. The van der Waals surface area contributed by atoms with Crippen LogP contribution in [0.2, 0.25) is 5.02 Å². The van der Waals surface area contributed by atoms with E-state index in [-0.39, 0.29) is 25.0 Å². The Morgan fingerprint density at radius 3 is 2.43 bits per heavy atom. The first-order valence-electron chi connectivity index (χ1n) is 9.67. The predicted molar refractivity (Wildman–Crippen MR) is 121 cm³/mol. The molecule has 0 bridgehead atoms. The van der Waals surface area contributed by atoms with E-state index in [0.717, 1.165) is 11.3 Å². The molecule has 0 saturated carbocycles. The quantitative estimate of drug-likeness (QED) is 0.527. The summed E-state index contributed by atoms with van der Waals surface area (Å²) < 4.78 is 11.5. The van der Waals surface area contributed by atoms with Crippen LogP contribution in [0.1, 0.15) is 25.8 Å². The molecular formula is C22H26BrClN2O4. The van der Waals surface area contributed by atoms with Crippen LogP contribution in [0, 0.1) is 0 Å². The summed E-state index contributed by atoms with van der Waals surface area (Å²) in [6.45, 7) is 4.30. The van der Waals surface area contributed by atoms with Crippen molar-refractivity contribution in [3.63, 3.8) is 0 Å². The number of likely N-dealkylation sites (N-methyl/N-ethyl adjacent to an activating group) is 1. The van der Waals surface area contributed by atoms with E-state index in [1.54, 1.807) is 30.2 Å². The first kappa shape index (κ1) is 24.0. The molecule has 2 aromatic rings. The third-order valence-electron chi connectivity index (χ3n) is 4.49. The molecule has 1 N–H and O–H groups in total. The fourth-order valence-electron chi connectivity index (χ4n) is 2.95. The maximum atomic E-state index is 13.1. The maximum Gasteiger partial charge on any atom is 0.261 e. The van der Waals surface area contributed by atoms with Crippen LogP contribution in [0.3, 0.4) is 0 Å². The number of ether oxygens (including phenoxy) is 2. The second-order valence-corrected chi connectivity index (χ2v) is 7.84. The van der Waals surface area contributed by atoms with E-state index in [4.69, 9.17) is 21.1 Å². The topological polar surface area (TPSA) is 67.9 Å². The summed E-state index contributed by atoms with van der Waals surface area (Å²) in [4.78, 5) is 27.2. The molecule has 0 spiro atoms.